The van der Waals surface area contributed by atoms with Crippen LogP contribution in [0.25, 0.3) is 0 Å². The average Bonchev–Trinajstić information content (AvgIpc) is 3.06. The highest BCUT2D eigenvalue weighted by Gasteiger charge is 2.21. The topological polar surface area (TPSA) is 55.1 Å². The summed E-state index contributed by atoms with van der Waals surface area (Å²) in [6.45, 7) is 8.25. The van der Waals surface area contributed by atoms with Gasteiger partial charge in [-0.05, 0) is 55.9 Å². The number of carbonyl (C=O) groups is 1. The van der Waals surface area contributed by atoms with Gasteiger partial charge >= 0.3 is 6.09 Å². The first-order chi connectivity index (χ1) is 12.9. The summed E-state index contributed by atoms with van der Waals surface area (Å²) >= 11 is 0. The molecule has 0 aliphatic rings. The molecule has 140 valence electrons. The predicted octanol–water partition coefficient (Wildman–Crippen LogP) is 5.27. The molecule has 0 radical (unpaired) electrons. The number of imidazole rings is 1. The van der Waals surface area contributed by atoms with E-state index < -0.39 is 6.09 Å². The minimum absolute atomic E-state index is 0.0891. The number of rotatable bonds is 5. The lowest BCUT2D eigenvalue weighted by Crippen LogP contribution is -2.14. The van der Waals surface area contributed by atoms with E-state index in [1.165, 1.54) is 26.8 Å². The van der Waals surface area contributed by atoms with Gasteiger partial charge in [0.25, 0.3) is 0 Å². The number of hydrogen-bond donors (Lipinski definition) is 1. The minimum Gasteiger partial charge on any atom is -0.464 e. The van der Waals surface area contributed by atoms with Gasteiger partial charge in [-0.15, -0.1) is 0 Å². The van der Waals surface area contributed by atoms with Crippen LogP contribution in [0.4, 0.5) is 4.79 Å². The third-order valence-corrected chi connectivity index (χ3v) is 5.24. The van der Waals surface area contributed by atoms with Crippen molar-refractivity contribution in [1.29, 1.82) is 0 Å². The monoisotopic (exact) mass is 362 g/mol. The molecule has 1 N–H and O–H groups in total. The Labute approximate surface area is 160 Å². The number of carboxylic acid groups (broad SMARTS) is 1. The molecule has 27 heavy (non-hydrogen) atoms. The van der Waals surface area contributed by atoms with Crippen molar-refractivity contribution in [3.63, 3.8) is 0 Å². The van der Waals surface area contributed by atoms with E-state index >= 15 is 0 Å². The molecule has 1 aromatic heterocycles. The second-order valence-corrected chi connectivity index (χ2v) is 7.24. The second kappa shape index (κ2) is 7.78. The first-order valence-electron chi connectivity index (χ1n) is 9.30. The Hall–Kier alpha value is -2.88. The zero-order valence-corrected chi connectivity index (χ0v) is 16.4. The summed E-state index contributed by atoms with van der Waals surface area (Å²) in [7, 11) is 0. The van der Waals surface area contributed by atoms with Crippen LogP contribution in [0.15, 0.2) is 48.7 Å². The van der Waals surface area contributed by atoms with Gasteiger partial charge in [0.05, 0.1) is 5.69 Å². The molecular weight excluding hydrogens is 336 g/mol. The van der Waals surface area contributed by atoms with E-state index in [-0.39, 0.29) is 5.92 Å². The Morgan fingerprint density at radius 3 is 2.56 bits per heavy atom. The summed E-state index contributed by atoms with van der Waals surface area (Å²) in [6.07, 6.45) is 2.23. The van der Waals surface area contributed by atoms with Gasteiger partial charge in [-0.3, -0.25) is 0 Å². The van der Waals surface area contributed by atoms with E-state index in [1.807, 2.05) is 13.0 Å². The van der Waals surface area contributed by atoms with Crippen LogP contribution in [0.5, 0.6) is 0 Å². The van der Waals surface area contributed by atoms with Crippen molar-refractivity contribution in [2.24, 2.45) is 0 Å². The highest BCUT2D eigenvalue weighted by molar-refractivity contribution is 5.69. The fraction of sp³-hybridized carbons (Fsp3) is 0.304. The van der Waals surface area contributed by atoms with Crippen molar-refractivity contribution in [1.82, 2.24) is 9.55 Å². The molecule has 0 saturated heterocycles. The Balaban J connectivity index is 1.89. The van der Waals surface area contributed by atoms with E-state index in [4.69, 9.17) is 4.98 Å². The summed E-state index contributed by atoms with van der Waals surface area (Å²) in [5.41, 5.74) is 6.79. The predicted molar refractivity (Wildman–Crippen MR) is 108 cm³/mol. The van der Waals surface area contributed by atoms with E-state index in [9.17, 15) is 9.90 Å². The molecule has 3 rings (SSSR count). The van der Waals surface area contributed by atoms with Crippen molar-refractivity contribution in [2.45, 2.75) is 46.5 Å². The summed E-state index contributed by atoms with van der Waals surface area (Å²) in [6, 6.07) is 14.5. The van der Waals surface area contributed by atoms with Crippen LogP contribution in [0.2, 0.25) is 0 Å². The maximum atomic E-state index is 11.8. The third kappa shape index (κ3) is 4.11. The number of aryl methyl sites for hydroxylation is 4. The molecule has 0 bridgehead atoms. The van der Waals surface area contributed by atoms with E-state index in [1.54, 1.807) is 6.20 Å². The highest BCUT2D eigenvalue weighted by Crippen LogP contribution is 2.28. The van der Waals surface area contributed by atoms with Crippen LogP contribution in [0.1, 0.15) is 52.2 Å². The molecule has 2 aromatic carbocycles. The fourth-order valence-corrected chi connectivity index (χ4v) is 3.55. The molecule has 1 heterocycles. The van der Waals surface area contributed by atoms with E-state index in [2.05, 4.69) is 57.2 Å². The van der Waals surface area contributed by atoms with Gasteiger partial charge in [-0.1, -0.05) is 55.0 Å². The molecule has 4 nitrogen and oxygen atoms in total. The van der Waals surface area contributed by atoms with Crippen LogP contribution in [0, 0.1) is 20.8 Å². The second-order valence-electron chi connectivity index (χ2n) is 7.24. The lowest BCUT2D eigenvalue weighted by Gasteiger charge is -2.16. The first-order valence-corrected chi connectivity index (χ1v) is 9.30. The van der Waals surface area contributed by atoms with E-state index in [0.29, 0.717) is 5.82 Å². The molecule has 0 aliphatic carbocycles. The number of aromatic nitrogens is 2. The molecule has 0 amide bonds. The smallest absolute Gasteiger partial charge is 0.417 e. The fourth-order valence-electron chi connectivity index (χ4n) is 3.55. The molecule has 0 spiro atoms. The minimum atomic E-state index is -0.989. The van der Waals surface area contributed by atoms with Crippen LogP contribution < -0.4 is 0 Å². The summed E-state index contributed by atoms with van der Waals surface area (Å²) in [5, 5.41) is 9.64. The standard InChI is InChI=1S/C23H26N2O2/c1-15-7-5-9-19(13-15)11-12-20-14-25(23(26)27)22(24-20)18(4)21-10-6-8-16(2)17(21)3/h5-10,13-14,18H,11-12H2,1-4H3,(H,26,27)/t18-/m0/s1. The van der Waals surface area contributed by atoms with Crippen molar-refractivity contribution in [3.05, 3.63) is 88.0 Å². The van der Waals surface area contributed by atoms with Crippen molar-refractivity contribution < 1.29 is 9.90 Å². The quantitative estimate of drug-likeness (QED) is 0.672. The molecular formula is C23H26N2O2. The van der Waals surface area contributed by atoms with E-state index in [0.717, 1.165) is 24.1 Å². The van der Waals surface area contributed by atoms with Gasteiger partial charge in [-0.2, -0.15) is 0 Å². The van der Waals surface area contributed by atoms with Gasteiger partial charge in [-0.25, -0.2) is 14.3 Å². The maximum absolute atomic E-state index is 11.8. The summed E-state index contributed by atoms with van der Waals surface area (Å²) in [4.78, 5) is 16.5. The third-order valence-electron chi connectivity index (χ3n) is 5.24. The zero-order valence-electron chi connectivity index (χ0n) is 16.4. The molecule has 0 fully saturated rings. The van der Waals surface area contributed by atoms with Gasteiger partial charge in [0, 0.05) is 12.1 Å². The molecule has 0 unspecified atom stereocenters. The lowest BCUT2D eigenvalue weighted by atomic mass is 9.93. The normalized spacial score (nSPS) is 12.1. The number of nitrogens with zero attached hydrogens (tertiary/aromatic N) is 2. The molecule has 4 heteroatoms. The number of hydrogen-bond acceptors (Lipinski definition) is 2. The molecule has 1 atom stereocenters. The zero-order chi connectivity index (χ0) is 19.6. The SMILES string of the molecule is Cc1cccc(CCc2cn(C(=O)O)c([C@@H](C)c3cccc(C)c3C)n2)c1. The molecule has 3 aromatic rings. The van der Waals surface area contributed by atoms with Gasteiger partial charge in [0.15, 0.2) is 0 Å². The number of benzene rings is 2. The molecule has 0 saturated carbocycles. The Kier molecular flexibility index (Phi) is 5.45. The Bertz CT molecular complexity index is 972. The summed E-state index contributed by atoms with van der Waals surface area (Å²) in [5.74, 6) is 0.490. The molecule has 0 aliphatic heterocycles. The van der Waals surface area contributed by atoms with Crippen molar-refractivity contribution >= 4 is 6.09 Å². The largest absolute Gasteiger partial charge is 0.464 e. The van der Waals surface area contributed by atoms with Crippen molar-refractivity contribution in [3.8, 4) is 0 Å². The maximum Gasteiger partial charge on any atom is 0.417 e. The van der Waals surface area contributed by atoms with Crippen molar-refractivity contribution in [2.75, 3.05) is 0 Å². The average molecular weight is 362 g/mol. The van der Waals surface area contributed by atoms with Gasteiger partial charge < -0.3 is 5.11 Å². The van der Waals surface area contributed by atoms with Gasteiger partial charge in [0.2, 0.25) is 0 Å². The lowest BCUT2D eigenvalue weighted by molar-refractivity contribution is 0.195. The van der Waals surface area contributed by atoms with Crippen LogP contribution in [0.3, 0.4) is 0 Å². The highest BCUT2D eigenvalue weighted by atomic mass is 16.4. The summed E-state index contributed by atoms with van der Waals surface area (Å²) < 4.78 is 1.28. The Morgan fingerprint density at radius 2 is 1.85 bits per heavy atom. The van der Waals surface area contributed by atoms with Crippen LogP contribution in [-0.2, 0) is 12.8 Å². The first kappa shape index (κ1) is 18.9. The van der Waals surface area contributed by atoms with Crippen LogP contribution >= 0.6 is 0 Å². The Morgan fingerprint density at radius 1 is 1.11 bits per heavy atom. The van der Waals surface area contributed by atoms with Crippen LogP contribution in [-0.4, -0.2) is 20.8 Å². The van der Waals surface area contributed by atoms with Gasteiger partial charge in [0.1, 0.15) is 5.82 Å².